The molecule has 1 aliphatic heterocycles. The lowest BCUT2D eigenvalue weighted by Gasteiger charge is -2.36. The van der Waals surface area contributed by atoms with Crippen molar-refractivity contribution in [2.45, 2.75) is 43.7 Å². The zero-order valence-corrected chi connectivity index (χ0v) is 19.1. The van der Waals surface area contributed by atoms with Gasteiger partial charge in [0.15, 0.2) is 6.10 Å². The molecule has 0 aliphatic carbocycles. The number of hydrogen-bond acceptors (Lipinski definition) is 5. The maximum Gasteiger partial charge on any atom is 0.264 e. The molecule has 1 N–H and O–H groups in total. The number of ether oxygens (including phenoxy) is 1. The standard InChI is InChI=1S/C24H26N2O5S/c1-24(2,3)17-11-12-21-20(14-17)26(32(28,29)19-9-5-4-6-10-19)16-22(31-21)23(27)25-15-18-8-7-13-30-18/h4-14,22H,15-16H2,1-3H3,(H,25,27)/t22-/m1/s1. The van der Waals surface area contributed by atoms with Crippen molar-refractivity contribution in [3.8, 4) is 5.75 Å². The summed E-state index contributed by atoms with van der Waals surface area (Å²) in [4.78, 5) is 13.0. The molecule has 1 aliphatic rings. The van der Waals surface area contributed by atoms with E-state index in [4.69, 9.17) is 9.15 Å². The van der Waals surface area contributed by atoms with E-state index in [0.717, 1.165) is 5.56 Å². The Hall–Kier alpha value is -3.26. The summed E-state index contributed by atoms with van der Waals surface area (Å²) in [7, 11) is -3.91. The number of nitrogens with one attached hydrogen (secondary N) is 1. The Kier molecular flexibility index (Phi) is 5.73. The Labute approximate surface area is 188 Å². The van der Waals surface area contributed by atoms with Gasteiger partial charge in [0.25, 0.3) is 15.9 Å². The molecule has 0 spiro atoms. The predicted molar refractivity (Wildman–Crippen MR) is 121 cm³/mol. The van der Waals surface area contributed by atoms with Gasteiger partial charge in [0.05, 0.1) is 29.9 Å². The van der Waals surface area contributed by atoms with Gasteiger partial charge >= 0.3 is 0 Å². The van der Waals surface area contributed by atoms with Crippen LogP contribution in [0.25, 0.3) is 0 Å². The number of rotatable bonds is 5. The predicted octanol–water partition coefficient (Wildman–Crippen LogP) is 3.85. The van der Waals surface area contributed by atoms with Crippen LogP contribution in [0.15, 0.2) is 76.2 Å². The first-order valence-corrected chi connectivity index (χ1v) is 11.8. The van der Waals surface area contributed by atoms with Crippen LogP contribution in [0, 0.1) is 0 Å². The van der Waals surface area contributed by atoms with Crippen LogP contribution >= 0.6 is 0 Å². The fourth-order valence-electron chi connectivity index (χ4n) is 3.50. The second-order valence-electron chi connectivity index (χ2n) is 8.69. The van der Waals surface area contributed by atoms with Gasteiger partial charge < -0.3 is 14.5 Å². The van der Waals surface area contributed by atoms with E-state index in [2.05, 4.69) is 26.1 Å². The molecule has 0 bridgehead atoms. The van der Waals surface area contributed by atoms with E-state index in [1.807, 2.05) is 12.1 Å². The molecular weight excluding hydrogens is 428 g/mol. The summed E-state index contributed by atoms with van der Waals surface area (Å²) >= 11 is 0. The summed E-state index contributed by atoms with van der Waals surface area (Å²) in [6.07, 6.45) is 0.520. The van der Waals surface area contributed by atoms with E-state index >= 15 is 0 Å². The Bertz CT molecular complexity index is 1200. The second kappa shape index (κ2) is 8.35. The van der Waals surface area contributed by atoms with Crippen LogP contribution in [0.3, 0.4) is 0 Å². The molecule has 32 heavy (non-hydrogen) atoms. The first-order chi connectivity index (χ1) is 15.2. The van der Waals surface area contributed by atoms with Gasteiger partial charge in [-0.25, -0.2) is 8.42 Å². The number of furan rings is 1. The number of anilines is 1. The number of hydrogen-bond donors (Lipinski definition) is 1. The third-order valence-corrected chi connectivity index (χ3v) is 7.13. The van der Waals surface area contributed by atoms with Crippen LogP contribution < -0.4 is 14.4 Å². The molecule has 1 amide bonds. The molecule has 0 fully saturated rings. The van der Waals surface area contributed by atoms with Gasteiger partial charge in [-0.05, 0) is 47.4 Å². The summed E-state index contributed by atoms with van der Waals surface area (Å²) in [5.41, 5.74) is 1.21. The Morgan fingerprint density at radius 1 is 1.09 bits per heavy atom. The second-order valence-corrected chi connectivity index (χ2v) is 10.5. The summed E-state index contributed by atoms with van der Waals surface area (Å²) < 4.78 is 39.6. The maximum absolute atomic E-state index is 13.5. The number of carbonyl (C=O) groups excluding carboxylic acids is 1. The van der Waals surface area contributed by atoms with E-state index in [0.29, 0.717) is 17.2 Å². The lowest BCUT2D eigenvalue weighted by atomic mass is 9.86. The Morgan fingerprint density at radius 3 is 2.50 bits per heavy atom. The lowest BCUT2D eigenvalue weighted by molar-refractivity contribution is -0.128. The van der Waals surface area contributed by atoms with E-state index in [9.17, 15) is 13.2 Å². The number of nitrogens with zero attached hydrogens (tertiary/aromatic N) is 1. The van der Waals surface area contributed by atoms with Crippen molar-refractivity contribution in [3.63, 3.8) is 0 Å². The van der Waals surface area contributed by atoms with Crippen LogP contribution in [0.4, 0.5) is 5.69 Å². The van der Waals surface area contributed by atoms with Gasteiger partial charge in [-0.3, -0.25) is 9.10 Å². The number of benzene rings is 2. The van der Waals surface area contributed by atoms with E-state index in [1.54, 1.807) is 48.5 Å². The van der Waals surface area contributed by atoms with Crippen LogP contribution in [-0.4, -0.2) is 27.0 Å². The molecule has 0 unspecified atom stereocenters. The summed E-state index contributed by atoms with van der Waals surface area (Å²) in [6.45, 7) is 6.22. The average molecular weight is 455 g/mol. The number of fused-ring (bicyclic) bond motifs is 1. The molecule has 0 radical (unpaired) electrons. The van der Waals surface area contributed by atoms with Crippen molar-refractivity contribution in [3.05, 3.63) is 78.3 Å². The monoisotopic (exact) mass is 454 g/mol. The van der Waals surface area contributed by atoms with Crippen molar-refractivity contribution in [1.29, 1.82) is 0 Å². The van der Waals surface area contributed by atoms with Gasteiger partial charge in [-0.2, -0.15) is 0 Å². The maximum atomic E-state index is 13.5. The molecule has 0 saturated carbocycles. The fourth-order valence-corrected chi connectivity index (χ4v) is 4.99. The first kappa shape index (κ1) is 22.0. The highest BCUT2D eigenvalue weighted by Crippen LogP contribution is 2.40. The van der Waals surface area contributed by atoms with E-state index in [-0.39, 0.29) is 23.4 Å². The molecular formula is C24H26N2O5S. The number of carbonyl (C=O) groups is 1. The minimum atomic E-state index is -3.91. The molecule has 168 valence electrons. The minimum absolute atomic E-state index is 0.137. The Morgan fingerprint density at radius 2 is 1.84 bits per heavy atom. The largest absolute Gasteiger partial charge is 0.476 e. The van der Waals surface area contributed by atoms with Gasteiger partial charge in [0, 0.05) is 0 Å². The zero-order chi connectivity index (χ0) is 22.9. The molecule has 0 saturated heterocycles. The van der Waals surface area contributed by atoms with E-state index in [1.165, 1.54) is 10.6 Å². The molecule has 2 aromatic carbocycles. The SMILES string of the molecule is CC(C)(C)c1ccc2c(c1)N(S(=O)(=O)c1ccccc1)C[C@H](C(=O)NCc1ccco1)O2. The van der Waals surface area contributed by atoms with Gasteiger partial charge in [0.2, 0.25) is 0 Å². The number of amides is 1. The molecule has 4 rings (SSSR count). The van der Waals surface area contributed by atoms with Crippen molar-refractivity contribution < 1.29 is 22.4 Å². The third kappa shape index (κ3) is 4.36. The van der Waals surface area contributed by atoms with Crippen LogP contribution in [0.1, 0.15) is 32.1 Å². The van der Waals surface area contributed by atoms with Crippen LogP contribution in [-0.2, 0) is 26.8 Å². The van der Waals surface area contributed by atoms with Gasteiger partial charge in [-0.1, -0.05) is 45.0 Å². The Balaban J connectivity index is 1.70. The van der Waals surface area contributed by atoms with E-state index < -0.39 is 22.0 Å². The molecule has 1 aromatic heterocycles. The van der Waals surface area contributed by atoms with Gasteiger partial charge in [-0.15, -0.1) is 0 Å². The summed E-state index contributed by atoms with van der Waals surface area (Å²) in [6, 6.07) is 17.1. The van der Waals surface area contributed by atoms with Crippen LogP contribution in [0.2, 0.25) is 0 Å². The van der Waals surface area contributed by atoms with Crippen LogP contribution in [0.5, 0.6) is 5.75 Å². The summed E-state index contributed by atoms with van der Waals surface area (Å²) in [5.74, 6) is 0.528. The van der Waals surface area contributed by atoms with Crippen molar-refractivity contribution in [2.24, 2.45) is 0 Å². The van der Waals surface area contributed by atoms with Crippen molar-refractivity contribution in [2.75, 3.05) is 10.8 Å². The average Bonchev–Trinajstić information content (AvgIpc) is 3.30. The quantitative estimate of drug-likeness (QED) is 0.633. The van der Waals surface area contributed by atoms with Crippen molar-refractivity contribution >= 4 is 21.6 Å². The normalized spacial score (nSPS) is 16.2. The molecule has 8 heteroatoms. The summed E-state index contributed by atoms with van der Waals surface area (Å²) in [5, 5.41) is 2.75. The van der Waals surface area contributed by atoms with Crippen molar-refractivity contribution in [1.82, 2.24) is 5.32 Å². The van der Waals surface area contributed by atoms with Gasteiger partial charge in [0.1, 0.15) is 11.5 Å². The third-order valence-electron chi connectivity index (χ3n) is 5.34. The highest BCUT2D eigenvalue weighted by molar-refractivity contribution is 7.92. The molecule has 2 heterocycles. The molecule has 3 aromatic rings. The first-order valence-electron chi connectivity index (χ1n) is 10.4. The lowest BCUT2D eigenvalue weighted by Crippen LogP contribution is -2.50. The smallest absolute Gasteiger partial charge is 0.264 e. The minimum Gasteiger partial charge on any atom is -0.476 e. The topological polar surface area (TPSA) is 88.9 Å². The molecule has 1 atom stereocenters. The highest BCUT2D eigenvalue weighted by atomic mass is 32.2. The zero-order valence-electron chi connectivity index (χ0n) is 18.2. The molecule has 7 nitrogen and oxygen atoms in total. The highest BCUT2D eigenvalue weighted by Gasteiger charge is 2.38. The number of sulfonamides is 1. The fraction of sp³-hybridized carbons (Fsp3) is 0.292.